The predicted molar refractivity (Wildman–Crippen MR) is 79.4 cm³/mol. The minimum absolute atomic E-state index is 0.269. The standard InChI is InChI=1S/C15H14F2N4O4/c1-25-13(23)12(22)19-20-14(24)15(16,17)10-7-21-6-9(8-2-3-8)4-5-11(21)18-10/h4-8H,2-3H2,1H3,(H,19,22)(H,20,24). The molecule has 0 radical (unpaired) electrons. The molecule has 10 heteroatoms. The molecule has 2 N–H and O–H groups in total. The molecule has 3 rings (SSSR count). The van der Waals surface area contributed by atoms with Gasteiger partial charge >= 0.3 is 23.7 Å². The van der Waals surface area contributed by atoms with E-state index in [1.165, 1.54) is 9.83 Å². The second-order valence-corrected chi connectivity index (χ2v) is 5.60. The van der Waals surface area contributed by atoms with E-state index in [1.807, 2.05) is 6.07 Å². The molecule has 0 bridgehead atoms. The third-order valence-electron chi connectivity index (χ3n) is 3.79. The van der Waals surface area contributed by atoms with Crippen molar-refractivity contribution in [3.8, 4) is 0 Å². The lowest BCUT2D eigenvalue weighted by Gasteiger charge is -2.13. The highest BCUT2D eigenvalue weighted by atomic mass is 19.3. The van der Waals surface area contributed by atoms with Gasteiger partial charge in [0.15, 0.2) is 0 Å². The number of imidazole rings is 1. The maximum atomic E-state index is 14.2. The molecule has 0 atom stereocenters. The number of rotatable bonds is 3. The summed E-state index contributed by atoms with van der Waals surface area (Å²) in [5.41, 5.74) is 3.55. The van der Waals surface area contributed by atoms with Crippen molar-refractivity contribution in [2.75, 3.05) is 7.11 Å². The van der Waals surface area contributed by atoms with Gasteiger partial charge in [0.25, 0.3) is 0 Å². The Labute approximate surface area is 140 Å². The van der Waals surface area contributed by atoms with Gasteiger partial charge in [0.05, 0.1) is 7.11 Å². The topological polar surface area (TPSA) is 102 Å². The Morgan fingerprint density at radius 3 is 2.60 bits per heavy atom. The van der Waals surface area contributed by atoms with Crippen molar-refractivity contribution in [1.82, 2.24) is 20.2 Å². The van der Waals surface area contributed by atoms with Crippen LogP contribution >= 0.6 is 0 Å². The number of hydrogen-bond donors (Lipinski definition) is 2. The largest absolute Gasteiger partial charge is 0.462 e. The number of carbonyl (C=O) groups is 3. The zero-order valence-corrected chi connectivity index (χ0v) is 13.1. The van der Waals surface area contributed by atoms with Crippen molar-refractivity contribution in [3.05, 3.63) is 35.8 Å². The SMILES string of the molecule is COC(=O)C(=O)NNC(=O)C(F)(F)c1cn2cc(C3CC3)ccc2n1. The Hall–Kier alpha value is -3.04. The smallest absolute Gasteiger partial charge is 0.398 e. The van der Waals surface area contributed by atoms with E-state index >= 15 is 0 Å². The molecule has 0 spiro atoms. The highest BCUT2D eigenvalue weighted by Crippen LogP contribution is 2.40. The van der Waals surface area contributed by atoms with Crippen LogP contribution in [0.25, 0.3) is 5.65 Å². The highest BCUT2D eigenvalue weighted by molar-refractivity contribution is 6.32. The molecule has 1 fully saturated rings. The van der Waals surface area contributed by atoms with Crippen molar-refractivity contribution in [1.29, 1.82) is 0 Å². The van der Waals surface area contributed by atoms with Crippen molar-refractivity contribution in [3.63, 3.8) is 0 Å². The molecule has 1 saturated carbocycles. The normalized spacial score (nSPS) is 14.2. The van der Waals surface area contributed by atoms with Crippen molar-refractivity contribution in [2.24, 2.45) is 0 Å². The van der Waals surface area contributed by atoms with Crippen LogP contribution in [0.2, 0.25) is 0 Å². The molecule has 1 aliphatic carbocycles. The van der Waals surface area contributed by atoms with Crippen LogP contribution in [0, 0.1) is 0 Å². The maximum absolute atomic E-state index is 14.2. The lowest BCUT2D eigenvalue weighted by Crippen LogP contribution is -2.50. The summed E-state index contributed by atoms with van der Waals surface area (Å²) in [7, 11) is 0.935. The summed E-state index contributed by atoms with van der Waals surface area (Å²) in [5.74, 6) is -8.10. The summed E-state index contributed by atoms with van der Waals surface area (Å²) in [6, 6.07) is 3.42. The fraction of sp³-hybridized carbons (Fsp3) is 0.333. The van der Waals surface area contributed by atoms with E-state index in [2.05, 4.69) is 9.72 Å². The van der Waals surface area contributed by atoms with Crippen LogP contribution in [0.15, 0.2) is 24.5 Å². The minimum atomic E-state index is -4.00. The molecule has 2 amide bonds. The van der Waals surface area contributed by atoms with E-state index < -0.39 is 29.4 Å². The lowest BCUT2D eigenvalue weighted by atomic mass is 10.2. The first kappa shape index (κ1) is 16.8. The van der Waals surface area contributed by atoms with Crippen LogP contribution in [0.3, 0.4) is 0 Å². The number of amides is 2. The van der Waals surface area contributed by atoms with Crippen LogP contribution < -0.4 is 10.9 Å². The first-order valence-corrected chi connectivity index (χ1v) is 7.38. The van der Waals surface area contributed by atoms with Gasteiger partial charge in [0, 0.05) is 12.4 Å². The first-order valence-electron chi connectivity index (χ1n) is 7.38. The number of nitrogens with zero attached hydrogens (tertiary/aromatic N) is 2. The summed E-state index contributed by atoms with van der Waals surface area (Å²) in [6.07, 6.45) is 4.89. The number of hydrogen-bond acceptors (Lipinski definition) is 5. The monoisotopic (exact) mass is 352 g/mol. The third kappa shape index (κ3) is 3.28. The second-order valence-electron chi connectivity index (χ2n) is 5.60. The van der Waals surface area contributed by atoms with Crippen LogP contribution in [0.4, 0.5) is 8.78 Å². The summed E-state index contributed by atoms with van der Waals surface area (Å²) in [4.78, 5) is 37.4. The number of hydrazine groups is 1. The van der Waals surface area contributed by atoms with Gasteiger partial charge in [-0.3, -0.25) is 20.4 Å². The number of nitrogens with one attached hydrogen (secondary N) is 2. The van der Waals surface area contributed by atoms with Crippen molar-refractivity contribution >= 4 is 23.4 Å². The Bertz CT molecular complexity index is 860. The van der Waals surface area contributed by atoms with E-state index in [1.54, 1.807) is 17.7 Å². The average molecular weight is 352 g/mol. The average Bonchev–Trinajstić information content (AvgIpc) is 3.36. The number of esters is 1. The molecule has 25 heavy (non-hydrogen) atoms. The van der Waals surface area contributed by atoms with Gasteiger partial charge in [-0.25, -0.2) is 9.78 Å². The molecule has 0 unspecified atom stereocenters. The van der Waals surface area contributed by atoms with Gasteiger partial charge in [-0.2, -0.15) is 8.78 Å². The van der Waals surface area contributed by atoms with E-state index in [4.69, 9.17) is 0 Å². The first-order chi connectivity index (χ1) is 11.8. The molecular formula is C15H14F2N4O4. The molecule has 0 aromatic carbocycles. The molecule has 2 aromatic heterocycles. The van der Waals surface area contributed by atoms with E-state index in [9.17, 15) is 23.2 Å². The molecular weight excluding hydrogens is 338 g/mol. The number of halogens is 2. The van der Waals surface area contributed by atoms with Crippen LogP contribution in [0.1, 0.15) is 30.0 Å². The van der Waals surface area contributed by atoms with Crippen LogP contribution in [-0.2, 0) is 25.0 Å². The number of fused-ring (bicyclic) bond motifs is 1. The Balaban J connectivity index is 1.76. The number of carbonyl (C=O) groups excluding carboxylic acids is 3. The molecule has 8 nitrogen and oxygen atoms in total. The van der Waals surface area contributed by atoms with Gasteiger partial charge in [0.1, 0.15) is 11.3 Å². The molecule has 2 aromatic rings. The number of alkyl halides is 2. The quantitative estimate of drug-likeness (QED) is 0.479. The van der Waals surface area contributed by atoms with E-state index in [0.717, 1.165) is 31.7 Å². The molecule has 132 valence electrons. The van der Waals surface area contributed by atoms with Gasteiger partial charge in [0.2, 0.25) is 0 Å². The highest BCUT2D eigenvalue weighted by Gasteiger charge is 2.44. The van der Waals surface area contributed by atoms with E-state index in [0.29, 0.717) is 5.92 Å². The summed E-state index contributed by atoms with van der Waals surface area (Å²) in [5, 5.41) is 0. The summed E-state index contributed by atoms with van der Waals surface area (Å²) >= 11 is 0. The van der Waals surface area contributed by atoms with Gasteiger partial charge in [-0.15, -0.1) is 0 Å². The van der Waals surface area contributed by atoms with E-state index in [-0.39, 0.29) is 5.65 Å². The number of methoxy groups -OCH3 is 1. The zero-order valence-electron chi connectivity index (χ0n) is 13.1. The zero-order chi connectivity index (χ0) is 18.2. The van der Waals surface area contributed by atoms with Crippen molar-refractivity contribution in [2.45, 2.75) is 24.7 Å². The van der Waals surface area contributed by atoms with Gasteiger partial charge in [-0.05, 0) is 30.4 Å². The summed E-state index contributed by atoms with van der Waals surface area (Å²) in [6.45, 7) is 0. The maximum Gasteiger partial charge on any atom is 0.398 e. The molecule has 1 aliphatic rings. The van der Waals surface area contributed by atoms with Crippen molar-refractivity contribution < 1.29 is 27.9 Å². The van der Waals surface area contributed by atoms with Gasteiger partial charge < -0.3 is 9.14 Å². The Morgan fingerprint density at radius 1 is 1.24 bits per heavy atom. The minimum Gasteiger partial charge on any atom is -0.462 e. The third-order valence-corrected chi connectivity index (χ3v) is 3.79. The van der Waals surface area contributed by atoms with Crippen LogP contribution in [-0.4, -0.2) is 34.3 Å². The number of pyridine rings is 1. The number of aromatic nitrogens is 2. The fourth-order valence-corrected chi connectivity index (χ4v) is 2.27. The molecule has 2 heterocycles. The lowest BCUT2D eigenvalue weighted by molar-refractivity contribution is -0.156. The Kier molecular flexibility index (Phi) is 4.11. The van der Waals surface area contributed by atoms with Gasteiger partial charge in [-0.1, -0.05) is 6.07 Å². The molecule has 0 saturated heterocycles. The predicted octanol–water partition coefficient (Wildman–Crippen LogP) is 0.624. The Morgan fingerprint density at radius 2 is 1.96 bits per heavy atom. The number of ether oxygens (including phenoxy) is 1. The van der Waals surface area contributed by atoms with Crippen LogP contribution in [0.5, 0.6) is 0 Å². The fourth-order valence-electron chi connectivity index (χ4n) is 2.27. The summed E-state index contributed by atoms with van der Waals surface area (Å²) < 4.78 is 34.0. The second kappa shape index (κ2) is 6.11. The molecule has 0 aliphatic heterocycles.